The van der Waals surface area contributed by atoms with E-state index in [4.69, 9.17) is 0 Å². The molecule has 23 heavy (non-hydrogen) atoms. The van der Waals surface area contributed by atoms with Gasteiger partial charge in [-0.05, 0) is 13.8 Å². The SMILES string of the molecule is C[C@H]([C@@H](C)ON(C(F)(F)F)C(F)(F)F)N(C(F)(F)F)C(F)(F)F. The van der Waals surface area contributed by atoms with Crippen LogP contribution in [0.15, 0.2) is 0 Å². The van der Waals surface area contributed by atoms with E-state index >= 15 is 0 Å². The van der Waals surface area contributed by atoms with Crippen LogP contribution in [0.1, 0.15) is 13.8 Å². The number of hydrogen-bond donors (Lipinski definition) is 0. The first-order valence-electron chi connectivity index (χ1n) is 5.33. The predicted octanol–water partition coefficient (Wildman–Crippen LogP) is 4.38. The van der Waals surface area contributed by atoms with Crippen LogP contribution < -0.4 is 0 Å². The second-order valence-corrected chi connectivity index (χ2v) is 4.09. The van der Waals surface area contributed by atoms with Gasteiger partial charge in [-0.3, -0.25) is 4.84 Å². The van der Waals surface area contributed by atoms with Crippen LogP contribution in [0.4, 0.5) is 52.7 Å². The zero-order valence-corrected chi connectivity index (χ0v) is 11.0. The second kappa shape index (κ2) is 6.51. The Morgan fingerprint density at radius 2 is 0.913 bits per heavy atom. The molecule has 0 radical (unpaired) electrons. The molecule has 0 aliphatic rings. The molecule has 0 aromatic carbocycles. The number of hydrogen-bond acceptors (Lipinski definition) is 3. The molecule has 0 heterocycles. The first-order valence-corrected chi connectivity index (χ1v) is 5.33. The van der Waals surface area contributed by atoms with Gasteiger partial charge in [0.05, 0.1) is 12.1 Å². The fourth-order valence-electron chi connectivity index (χ4n) is 1.33. The van der Waals surface area contributed by atoms with Gasteiger partial charge in [-0.2, -0.15) is 52.7 Å². The van der Waals surface area contributed by atoms with Gasteiger partial charge >= 0.3 is 25.2 Å². The van der Waals surface area contributed by atoms with Gasteiger partial charge in [-0.25, -0.2) is 0 Å². The lowest BCUT2D eigenvalue weighted by atomic mass is 10.2. The summed E-state index contributed by atoms with van der Waals surface area (Å²) in [4.78, 5) is 1.08. The molecule has 0 saturated heterocycles. The van der Waals surface area contributed by atoms with Crippen molar-refractivity contribution in [2.45, 2.75) is 51.2 Å². The van der Waals surface area contributed by atoms with E-state index in [9.17, 15) is 52.7 Å². The fourth-order valence-corrected chi connectivity index (χ4v) is 1.33. The van der Waals surface area contributed by atoms with Gasteiger partial charge in [0, 0.05) is 5.06 Å². The van der Waals surface area contributed by atoms with E-state index in [0.717, 1.165) is 0 Å². The molecule has 0 rings (SSSR count). The second-order valence-electron chi connectivity index (χ2n) is 4.09. The summed E-state index contributed by atoms with van der Waals surface area (Å²) in [5.41, 5.74) is 0. The summed E-state index contributed by atoms with van der Waals surface area (Å²) in [6.07, 6.45) is -27.4. The van der Waals surface area contributed by atoms with Crippen molar-refractivity contribution >= 4 is 0 Å². The highest BCUT2D eigenvalue weighted by Crippen LogP contribution is 2.39. The molecule has 0 N–H and O–H groups in total. The summed E-state index contributed by atoms with van der Waals surface area (Å²) in [6.45, 7) is 0.302. The normalized spacial score (nSPS) is 17.7. The predicted molar refractivity (Wildman–Crippen MR) is 47.9 cm³/mol. The molecule has 0 aliphatic heterocycles. The van der Waals surface area contributed by atoms with Crippen LogP contribution in [0.25, 0.3) is 0 Å². The van der Waals surface area contributed by atoms with Crippen molar-refractivity contribution in [2.75, 3.05) is 0 Å². The van der Waals surface area contributed by atoms with Crippen molar-refractivity contribution in [3.8, 4) is 0 Å². The van der Waals surface area contributed by atoms with Crippen LogP contribution in [-0.4, -0.2) is 47.3 Å². The molecular formula is C8H8F12N2O. The van der Waals surface area contributed by atoms with E-state index in [1.54, 1.807) is 0 Å². The minimum Gasteiger partial charge on any atom is -0.279 e. The van der Waals surface area contributed by atoms with E-state index in [2.05, 4.69) is 4.84 Å². The number of nitrogens with zero attached hydrogens (tertiary/aromatic N) is 2. The summed E-state index contributed by atoms with van der Waals surface area (Å²) in [7, 11) is 0. The summed E-state index contributed by atoms with van der Waals surface area (Å²) >= 11 is 0. The molecule has 0 saturated carbocycles. The van der Waals surface area contributed by atoms with Crippen LogP contribution in [0.5, 0.6) is 0 Å². The van der Waals surface area contributed by atoms with Gasteiger partial charge in [0.25, 0.3) is 0 Å². The van der Waals surface area contributed by atoms with Gasteiger partial charge in [0.15, 0.2) is 0 Å². The zero-order chi connectivity index (χ0) is 19.0. The fraction of sp³-hybridized carbons (Fsp3) is 1.00. The summed E-state index contributed by atoms with van der Waals surface area (Å²) in [6, 6.07) is -2.94. The maximum atomic E-state index is 12.3. The third-order valence-corrected chi connectivity index (χ3v) is 2.37. The number of hydroxylamine groups is 2. The molecule has 0 spiro atoms. The van der Waals surface area contributed by atoms with Crippen molar-refractivity contribution in [1.29, 1.82) is 0 Å². The van der Waals surface area contributed by atoms with E-state index < -0.39 is 47.3 Å². The quantitative estimate of drug-likeness (QED) is 0.412. The summed E-state index contributed by atoms with van der Waals surface area (Å²) in [5.74, 6) is 0. The zero-order valence-electron chi connectivity index (χ0n) is 11.0. The van der Waals surface area contributed by atoms with Crippen LogP contribution in [-0.2, 0) is 4.84 Å². The molecule has 15 heteroatoms. The lowest BCUT2D eigenvalue weighted by Crippen LogP contribution is -2.59. The van der Waals surface area contributed by atoms with E-state index in [1.165, 1.54) is 0 Å². The highest BCUT2D eigenvalue weighted by molar-refractivity contribution is 4.77. The molecular weight excluding hydrogens is 368 g/mol. The molecule has 0 bridgehead atoms. The van der Waals surface area contributed by atoms with Crippen molar-refractivity contribution in [2.24, 2.45) is 0 Å². The molecule has 0 amide bonds. The third kappa shape index (κ3) is 6.21. The molecule has 0 unspecified atom stereocenters. The standard InChI is InChI=1S/C8H8F12N2O/c1-3(21(5(9,10)11)6(12,13)14)4(2)23-22(7(15,16)17)8(18,19)20/h3-4H,1-2H3/t3-,4-/m1/s1. The highest BCUT2D eigenvalue weighted by atomic mass is 19.4. The number of rotatable bonds is 4. The average molecular weight is 376 g/mol. The Kier molecular flexibility index (Phi) is 6.23. The lowest BCUT2D eigenvalue weighted by Gasteiger charge is -2.37. The Hall–Kier alpha value is -0.960. The van der Waals surface area contributed by atoms with Crippen molar-refractivity contribution in [3.05, 3.63) is 0 Å². The van der Waals surface area contributed by atoms with Crippen molar-refractivity contribution < 1.29 is 57.5 Å². The maximum Gasteiger partial charge on any atom is 0.490 e. The minimum absolute atomic E-state index is 0.108. The Morgan fingerprint density at radius 1 is 0.609 bits per heavy atom. The molecule has 3 nitrogen and oxygen atoms in total. The summed E-state index contributed by atoms with van der Waals surface area (Å²) in [5, 5.41) is -2.58. The Morgan fingerprint density at radius 3 is 1.13 bits per heavy atom. The first kappa shape index (κ1) is 22.0. The number of alkyl halides is 12. The third-order valence-electron chi connectivity index (χ3n) is 2.37. The van der Waals surface area contributed by atoms with E-state index in [1.807, 2.05) is 0 Å². The lowest BCUT2D eigenvalue weighted by molar-refractivity contribution is -0.496. The minimum atomic E-state index is -6.23. The van der Waals surface area contributed by atoms with Crippen molar-refractivity contribution in [3.63, 3.8) is 0 Å². The van der Waals surface area contributed by atoms with E-state index in [-0.39, 0.29) is 13.8 Å². The van der Waals surface area contributed by atoms with Gasteiger partial charge in [0.2, 0.25) is 0 Å². The average Bonchev–Trinajstić information content (AvgIpc) is 2.17. The summed E-state index contributed by atoms with van der Waals surface area (Å²) < 4.78 is 147. The largest absolute Gasteiger partial charge is 0.490 e. The van der Waals surface area contributed by atoms with Crippen LogP contribution in [0, 0.1) is 0 Å². The number of halogens is 12. The Bertz CT molecular complexity index is 354. The van der Waals surface area contributed by atoms with Gasteiger partial charge in [-0.15, -0.1) is 4.90 Å². The molecule has 0 fully saturated rings. The smallest absolute Gasteiger partial charge is 0.279 e. The van der Waals surface area contributed by atoms with Crippen LogP contribution in [0.2, 0.25) is 0 Å². The molecule has 0 aromatic rings. The topological polar surface area (TPSA) is 15.7 Å². The van der Waals surface area contributed by atoms with Gasteiger partial charge < -0.3 is 0 Å². The molecule has 0 aromatic heterocycles. The monoisotopic (exact) mass is 376 g/mol. The first-order chi connectivity index (χ1) is 9.79. The Labute approximate surface area is 120 Å². The van der Waals surface area contributed by atoms with Crippen LogP contribution >= 0.6 is 0 Å². The molecule has 140 valence electrons. The van der Waals surface area contributed by atoms with Gasteiger partial charge in [-0.1, -0.05) is 0 Å². The maximum absolute atomic E-state index is 12.3. The molecule has 2 atom stereocenters. The molecule has 0 aliphatic carbocycles. The van der Waals surface area contributed by atoms with Crippen molar-refractivity contribution in [1.82, 2.24) is 9.96 Å². The Balaban J connectivity index is 5.46. The highest BCUT2D eigenvalue weighted by Gasteiger charge is 2.60. The van der Waals surface area contributed by atoms with Gasteiger partial charge in [0.1, 0.15) is 0 Å². The van der Waals surface area contributed by atoms with E-state index in [0.29, 0.717) is 0 Å². The van der Waals surface area contributed by atoms with Crippen LogP contribution in [0.3, 0.4) is 0 Å².